The van der Waals surface area contributed by atoms with E-state index < -0.39 is 0 Å². The Labute approximate surface area is 102 Å². The van der Waals surface area contributed by atoms with Gasteiger partial charge in [0, 0.05) is 12.6 Å². The molecular weight excluding hydrogens is 216 g/mol. The zero-order valence-electron chi connectivity index (χ0n) is 10.5. The average Bonchev–Trinajstić information content (AvgIpc) is 2.64. The fourth-order valence-corrected chi connectivity index (χ4v) is 2.31. The monoisotopic (exact) mass is 238 g/mol. The van der Waals surface area contributed by atoms with Gasteiger partial charge in [0.1, 0.15) is 12.3 Å². The van der Waals surface area contributed by atoms with E-state index in [9.17, 15) is 0 Å². The first-order chi connectivity index (χ1) is 8.31. The molecule has 0 bridgehead atoms. The van der Waals surface area contributed by atoms with Gasteiger partial charge in [-0.25, -0.2) is 4.68 Å². The molecule has 1 aliphatic carbocycles. The zero-order chi connectivity index (χ0) is 12.1. The maximum Gasteiger partial charge on any atom is 0.232 e. The molecule has 1 aliphatic rings. The molecule has 5 heteroatoms. The predicted octanol–water partition coefficient (Wildman–Crippen LogP) is 1.73. The van der Waals surface area contributed by atoms with Crippen LogP contribution in [0.5, 0.6) is 5.88 Å². The highest BCUT2D eigenvalue weighted by Gasteiger charge is 2.23. The minimum absolute atomic E-state index is 0.117. The largest absolute Gasteiger partial charge is 0.472 e. The van der Waals surface area contributed by atoms with Gasteiger partial charge in [-0.2, -0.15) is 0 Å². The summed E-state index contributed by atoms with van der Waals surface area (Å²) in [6.07, 6.45) is 8.61. The van der Waals surface area contributed by atoms with Crippen LogP contribution in [0.1, 0.15) is 45.4 Å². The maximum absolute atomic E-state index is 6.14. The Morgan fingerprint density at radius 3 is 3.06 bits per heavy atom. The number of ether oxygens (including phenoxy) is 1. The lowest BCUT2D eigenvalue weighted by molar-refractivity contribution is 0.146. The van der Waals surface area contributed by atoms with Crippen molar-refractivity contribution >= 4 is 0 Å². The van der Waals surface area contributed by atoms with E-state index in [4.69, 9.17) is 10.5 Å². The van der Waals surface area contributed by atoms with Crippen molar-refractivity contribution in [2.45, 2.75) is 64.1 Å². The van der Waals surface area contributed by atoms with Gasteiger partial charge in [-0.15, -0.1) is 5.10 Å². The standard InChI is InChI=1S/C12H22N4O/c1-2-8-16-12(9-14-15-16)17-11-7-5-3-4-6-10(11)13/h9-11H,2-8,13H2,1H3. The molecule has 0 aliphatic heterocycles. The first kappa shape index (κ1) is 12.4. The number of nitrogens with two attached hydrogens (primary N) is 1. The van der Waals surface area contributed by atoms with Gasteiger partial charge in [0.15, 0.2) is 0 Å². The lowest BCUT2D eigenvalue weighted by atomic mass is 10.1. The molecule has 1 saturated carbocycles. The summed E-state index contributed by atoms with van der Waals surface area (Å²) in [5.74, 6) is 0.759. The Morgan fingerprint density at radius 1 is 1.41 bits per heavy atom. The smallest absolute Gasteiger partial charge is 0.232 e. The molecule has 2 atom stereocenters. The van der Waals surface area contributed by atoms with Crippen molar-refractivity contribution in [1.82, 2.24) is 15.0 Å². The Balaban J connectivity index is 2.00. The molecule has 0 saturated heterocycles. The SMILES string of the molecule is CCCn1nncc1OC1CCCCCC1N. The second kappa shape index (κ2) is 6.00. The van der Waals surface area contributed by atoms with E-state index in [0.29, 0.717) is 0 Å². The number of aromatic nitrogens is 3. The normalized spacial score (nSPS) is 25.5. The van der Waals surface area contributed by atoms with Crippen molar-refractivity contribution in [3.05, 3.63) is 6.20 Å². The molecular formula is C12H22N4O. The van der Waals surface area contributed by atoms with Crippen molar-refractivity contribution in [3.63, 3.8) is 0 Å². The van der Waals surface area contributed by atoms with Gasteiger partial charge in [-0.3, -0.25) is 0 Å². The quantitative estimate of drug-likeness (QED) is 0.811. The third-order valence-electron chi connectivity index (χ3n) is 3.29. The molecule has 1 heterocycles. The third kappa shape index (κ3) is 3.19. The minimum Gasteiger partial charge on any atom is -0.472 e. The highest BCUT2D eigenvalue weighted by atomic mass is 16.5. The fraction of sp³-hybridized carbons (Fsp3) is 0.833. The first-order valence-electron chi connectivity index (χ1n) is 6.62. The Morgan fingerprint density at radius 2 is 2.24 bits per heavy atom. The van der Waals surface area contributed by atoms with E-state index in [1.165, 1.54) is 19.3 Å². The summed E-state index contributed by atoms with van der Waals surface area (Å²) < 4.78 is 7.80. The summed E-state index contributed by atoms with van der Waals surface area (Å²) in [6.45, 7) is 2.96. The van der Waals surface area contributed by atoms with Gasteiger partial charge >= 0.3 is 0 Å². The highest BCUT2D eigenvalue weighted by molar-refractivity contribution is 5.03. The summed E-state index contributed by atoms with van der Waals surface area (Å²) in [5, 5.41) is 7.92. The van der Waals surface area contributed by atoms with Crippen LogP contribution in [-0.4, -0.2) is 27.1 Å². The van der Waals surface area contributed by atoms with Crippen LogP contribution in [-0.2, 0) is 6.54 Å². The van der Waals surface area contributed by atoms with Gasteiger partial charge in [-0.1, -0.05) is 25.0 Å². The van der Waals surface area contributed by atoms with Crippen molar-refractivity contribution in [2.24, 2.45) is 5.73 Å². The molecule has 0 amide bonds. The summed E-state index contributed by atoms with van der Waals surface area (Å²) in [7, 11) is 0. The fourth-order valence-electron chi connectivity index (χ4n) is 2.31. The number of nitrogens with zero attached hydrogens (tertiary/aromatic N) is 3. The lowest BCUT2D eigenvalue weighted by Gasteiger charge is -2.22. The molecule has 5 nitrogen and oxygen atoms in total. The molecule has 17 heavy (non-hydrogen) atoms. The van der Waals surface area contributed by atoms with Crippen LogP contribution in [0.25, 0.3) is 0 Å². The van der Waals surface area contributed by atoms with Crippen LogP contribution in [0.15, 0.2) is 6.20 Å². The Hall–Kier alpha value is -1.10. The molecule has 96 valence electrons. The average molecular weight is 238 g/mol. The Kier molecular flexibility index (Phi) is 4.36. The minimum atomic E-state index is 0.117. The molecule has 2 rings (SSSR count). The highest BCUT2D eigenvalue weighted by Crippen LogP contribution is 2.21. The van der Waals surface area contributed by atoms with E-state index >= 15 is 0 Å². The molecule has 0 aromatic carbocycles. The molecule has 1 fully saturated rings. The van der Waals surface area contributed by atoms with Gasteiger partial charge in [0.2, 0.25) is 5.88 Å². The van der Waals surface area contributed by atoms with E-state index in [1.807, 2.05) is 4.68 Å². The topological polar surface area (TPSA) is 66.0 Å². The van der Waals surface area contributed by atoms with Crippen molar-refractivity contribution < 1.29 is 4.74 Å². The van der Waals surface area contributed by atoms with Crippen molar-refractivity contribution in [1.29, 1.82) is 0 Å². The van der Waals surface area contributed by atoms with Crippen LogP contribution >= 0.6 is 0 Å². The summed E-state index contributed by atoms with van der Waals surface area (Å²) in [6, 6.07) is 0.141. The molecule has 2 unspecified atom stereocenters. The number of hydrogen-bond acceptors (Lipinski definition) is 4. The van der Waals surface area contributed by atoms with E-state index in [1.54, 1.807) is 6.20 Å². The number of aryl methyl sites for hydroxylation is 1. The summed E-state index contributed by atoms with van der Waals surface area (Å²) in [5.41, 5.74) is 6.14. The van der Waals surface area contributed by atoms with E-state index in [0.717, 1.165) is 31.7 Å². The molecule has 1 aromatic rings. The molecule has 1 aromatic heterocycles. The van der Waals surface area contributed by atoms with Gasteiger partial charge in [-0.05, 0) is 25.7 Å². The molecule has 0 spiro atoms. The summed E-state index contributed by atoms with van der Waals surface area (Å²) in [4.78, 5) is 0. The van der Waals surface area contributed by atoms with Crippen LogP contribution in [0, 0.1) is 0 Å². The third-order valence-corrected chi connectivity index (χ3v) is 3.29. The van der Waals surface area contributed by atoms with Crippen molar-refractivity contribution in [3.8, 4) is 5.88 Å². The molecule has 0 radical (unpaired) electrons. The second-order valence-corrected chi connectivity index (χ2v) is 4.75. The van der Waals surface area contributed by atoms with Gasteiger partial charge < -0.3 is 10.5 Å². The molecule has 2 N–H and O–H groups in total. The van der Waals surface area contributed by atoms with Gasteiger partial charge in [0.05, 0.1) is 0 Å². The van der Waals surface area contributed by atoms with Crippen LogP contribution in [0.2, 0.25) is 0 Å². The first-order valence-corrected chi connectivity index (χ1v) is 6.62. The predicted molar refractivity (Wildman–Crippen MR) is 65.8 cm³/mol. The van der Waals surface area contributed by atoms with Crippen molar-refractivity contribution in [2.75, 3.05) is 0 Å². The van der Waals surface area contributed by atoms with E-state index in [2.05, 4.69) is 17.2 Å². The van der Waals surface area contributed by atoms with Crippen LogP contribution in [0.4, 0.5) is 0 Å². The van der Waals surface area contributed by atoms with Gasteiger partial charge in [0.25, 0.3) is 0 Å². The zero-order valence-corrected chi connectivity index (χ0v) is 10.5. The maximum atomic E-state index is 6.14. The number of hydrogen-bond donors (Lipinski definition) is 1. The number of rotatable bonds is 4. The Bertz CT molecular complexity index is 339. The van der Waals surface area contributed by atoms with E-state index in [-0.39, 0.29) is 12.1 Å². The second-order valence-electron chi connectivity index (χ2n) is 4.75. The van der Waals surface area contributed by atoms with Crippen LogP contribution in [0.3, 0.4) is 0 Å². The van der Waals surface area contributed by atoms with Crippen LogP contribution < -0.4 is 10.5 Å². The summed E-state index contributed by atoms with van der Waals surface area (Å²) >= 11 is 0. The lowest BCUT2D eigenvalue weighted by Crippen LogP contribution is -2.38.